The molecule has 0 aromatic rings. The molecular weight excluding hydrogens is 114 g/mol. The minimum absolute atomic E-state index is 0.282. The van der Waals surface area contributed by atoms with Gasteiger partial charge in [0.2, 0.25) is 0 Å². The minimum Gasteiger partial charge on any atom is -0.413 e. The molecule has 0 rings (SSSR count). The van der Waals surface area contributed by atoms with E-state index in [9.17, 15) is 0 Å². The van der Waals surface area contributed by atoms with Gasteiger partial charge in [0, 0.05) is 0 Å². The van der Waals surface area contributed by atoms with E-state index in [1.165, 1.54) is 6.08 Å². The number of hydrogen-bond acceptors (Lipinski definition) is 2. The van der Waals surface area contributed by atoms with Crippen molar-refractivity contribution in [2.45, 2.75) is 0 Å². The van der Waals surface area contributed by atoms with Crippen molar-refractivity contribution in [3.05, 3.63) is 12.7 Å². The second-order valence-corrected chi connectivity index (χ2v) is 1.29. The highest BCUT2D eigenvalue weighted by atomic mass is 35.5. The molecule has 0 aromatic heterocycles. The third kappa shape index (κ3) is 6.01. The molecule has 0 atom stereocenters. The lowest BCUT2D eigenvalue weighted by molar-refractivity contribution is 0.311. The summed E-state index contributed by atoms with van der Waals surface area (Å²) in [5.74, 6) is 0. The zero-order valence-corrected chi connectivity index (χ0v) is 4.56. The van der Waals surface area contributed by atoms with Crippen molar-refractivity contribution in [3.63, 3.8) is 0 Å². The Morgan fingerprint density at radius 2 is 2.57 bits per heavy atom. The van der Waals surface area contributed by atoms with Crippen LogP contribution in [-0.4, -0.2) is 18.2 Å². The maximum atomic E-state index is 8.18. The molecule has 4 heteroatoms. The summed E-state index contributed by atoms with van der Waals surface area (Å²) in [5.41, 5.74) is 0. The lowest BCUT2D eigenvalue weighted by Gasteiger charge is -1.92. The van der Waals surface area contributed by atoms with Crippen molar-refractivity contribution in [3.8, 4) is 0 Å². The predicted octanol–water partition coefficient (Wildman–Crippen LogP) is 0.405. The molecular formula is C3H6BClO2. The number of hydrogen-bond donors (Lipinski definition) is 1. The molecule has 2 nitrogen and oxygen atoms in total. The van der Waals surface area contributed by atoms with E-state index in [-0.39, 0.29) is 6.61 Å². The van der Waals surface area contributed by atoms with Crippen LogP contribution in [0.3, 0.4) is 0 Å². The highest BCUT2D eigenvalue weighted by Gasteiger charge is 2.03. The first-order valence-electron chi connectivity index (χ1n) is 1.82. The molecule has 0 saturated carbocycles. The lowest BCUT2D eigenvalue weighted by Crippen LogP contribution is -2.08. The summed E-state index contributed by atoms with van der Waals surface area (Å²) in [6, 6.07) is 0. The van der Waals surface area contributed by atoms with Gasteiger partial charge in [0.1, 0.15) is 0 Å². The first-order chi connectivity index (χ1) is 3.27. The Morgan fingerprint density at radius 3 is 2.71 bits per heavy atom. The van der Waals surface area contributed by atoms with Gasteiger partial charge in [-0.05, 0) is 0 Å². The molecule has 7 heavy (non-hydrogen) atoms. The summed E-state index contributed by atoms with van der Waals surface area (Å²) in [7, 11) is 0. The summed E-state index contributed by atoms with van der Waals surface area (Å²) in [6.07, 6.45) is 1.51. The maximum absolute atomic E-state index is 8.18. The molecule has 0 aliphatic rings. The quantitative estimate of drug-likeness (QED) is 0.432. The van der Waals surface area contributed by atoms with Crippen LogP contribution in [0.2, 0.25) is 0 Å². The highest BCUT2D eigenvalue weighted by Crippen LogP contribution is 1.84. The van der Waals surface area contributed by atoms with E-state index in [1.54, 1.807) is 0 Å². The topological polar surface area (TPSA) is 29.5 Å². The Kier molecular flexibility index (Phi) is 4.19. The van der Waals surface area contributed by atoms with Gasteiger partial charge in [0.05, 0.1) is 6.61 Å². The summed E-state index contributed by atoms with van der Waals surface area (Å²) in [6.45, 7) is 2.42. The Hall–Kier alpha value is 0.0149. The molecule has 0 saturated heterocycles. The van der Waals surface area contributed by atoms with Gasteiger partial charge in [-0.15, -0.1) is 18.0 Å². The maximum Gasteiger partial charge on any atom is 0.569 e. The third-order valence-electron chi connectivity index (χ3n) is 0.352. The average Bonchev–Trinajstić information content (AvgIpc) is 1.61. The van der Waals surface area contributed by atoms with Crippen LogP contribution in [0.25, 0.3) is 0 Å². The van der Waals surface area contributed by atoms with E-state index in [0.717, 1.165) is 0 Å². The fourth-order valence-corrected chi connectivity index (χ4v) is 0.220. The molecule has 0 bridgehead atoms. The molecule has 0 unspecified atom stereocenters. The van der Waals surface area contributed by atoms with Crippen molar-refractivity contribution >= 4 is 18.0 Å². The molecule has 0 aliphatic heterocycles. The van der Waals surface area contributed by atoms with Gasteiger partial charge in [0.15, 0.2) is 0 Å². The van der Waals surface area contributed by atoms with Crippen molar-refractivity contribution in [2.24, 2.45) is 0 Å². The molecule has 0 aliphatic carbocycles. The summed E-state index contributed by atoms with van der Waals surface area (Å²) < 4.78 is 4.39. The van der Waals surface area contributed by atoms with E-state index >= 15 is 0 Å². The molecule has 0 aromatic carbocycles. The summed E-state index contributed by atoms with van der Waals surface area (Å²) in [5, 5.41) is 8.18. The van der Waals surface area contributed by atoms with E-state index < -0.39 is 6.53 Å². The molecule has 0 amide bonds. The molecule has 0 fully saturated rings. The normalized spacial score (nSPS) is 8.29. The van der Waals surface area contributed by atoms with Crippen LogP contribution in [0, 0.1) is 0 Å². The van der Waals surface area contributed by atoms with Gasteiger partial charge in [0.25, 0.3) is 0 Å². The first-order valence-corrected chi connectivity index (χ1v) is 2.25. The fraction of sp³-hybridized carbons (Fsp3) is 0.333. The van der Waals surface area contributed by atoms with Gasteiger partial charge in [-0.25, -0.2) is 0 Å². The Labute approximate surface area is 47.8 Å². The lowest BCUT2D eigenvalue weighted by atomic mass is 10.4. The second kappa shape index (κ2) is 4.18. The smallest absolute Gasteiger partial charge is 0.413 e. The van der Waals surface area contributed by atoms with Gasteiger partial charge >= 0.3 is 6.53 Å². The van der Waals surface area contributed by atoms with Crippen molar-refractivity contribution < 1.29 is 9.68 Å². The van der Waals surface area contributed by atoms with Crippen LogP contribution in [0.5, 0.6) is 0 Å². The third-order valence-corrected chi connectivity index (χ3v) is 0.478. The van der Waals surface area contributed by atoms with E-state index in [2.05, 4.69) is 11.2 Å². The van der Waals surface area contributed by atoms with E-state index in [4.69, 9.17) is 16.5 Å². The van der Waals surface area contributed by atoms with Crippen LogP contribution in [-0.2, 0) is 4.65 Å². The fourth-order valence-electron chi connectivity index (χ4n) is 0.147. The summed E-state index contributed by atoms with van der Waals surface area (Å²) in [4.78, 5) is 0. The van der Waals surface area contributed by atoms with Crippen LogP contribution in [0.1, 0.15) is 0 Å². The molecule has 0 spiro atoms. The largest absolute Gasteiger partial charge is 0.569 e. The average molecular weight is 120 g/mol. The standard InChI is InChI=1S/C3H6BClO2/c1-2-3-7-4(5)6/h2,6H,1,3H2. The van der Waals surface area contributed by atoms with Gasteiger partial charge < -0.3 is 9.68 Å². The number of halogens is 1. The first kappa shape index (κ1) is 7.01. The van der Waals surface area contributed by atoms with Crippen LogP contribution >= 0.6 is 11.5 Å². The number of rotatable bonds is 3. The van der Waals surface area contributed by atoms with Crippen molar-refractivity contribution in [2.75, 3.05) is 6.61 Å². The van der Waals surface area contributed by atoms with E-state index in [0.29, 0.717) is 0 Å². The predicted molar refractivity (Wildman–Crippen MR) is 30.0 cm³/mol. The zero-order chi connectivity index (χ0) is 5.70. The SMILES string of the molecule is C=CCOB(O)Cl. The van der Waals surface area contributed by atoms with Gasteiger partial charge in [-0.2, -0.15) is 0 Å². The van der Waals surface area contributed by atoms with Gasteiger partial charge in [-0.3, -0.25) is 0 Å². The van der Waals surface area contributed by atoms with E-state index in [1.807, 2.05) is 0 Å². The Morgan fingerprint density at radius 1 is 2.00 bits per heavy atom. The molecule has 0 radical (unpaired) electrons. The van der Waals surface area contributed by atoms with Gasteiger partial charge in [-0.1, -0.05) is 6.08 Å². The molecule has 0 heterocycles. The zero-order valence-electron chi connectivity index (χ0n) is 3.80. The van der Waals surface area contributed by atoms with Crippen molar-refractivity contribution in [1.29, 1.82) is 0 Å². The minimum atomic E-state index is -1.20. The van der Waals surface area contributed by atoms with Crippen LogP contribution < -0.4 is 0 Å². The molecule has 1 N–H and O–H groups in total. The highest BCUT2D eigenvalue weighted by molar-refractivity contribution is 6.98. The van der Waals surface area contributed by atoms with Crippen molar-refractivity contribution in [1.82, 2.24) is 0 Å². The van der Waals surface area contributed by atoms with Crippen LogP contribution in [0.15, 0.2) is 12.7 Å². The Balaban J connectivity index is 2.81. The molecule has 40 valence electrons. The van der Waals surface area contributed by atoms with Crippen LogP contribution in [0.4, 0.5) is 0 Å². The monoisotopic (exact) mass is 120 g/mol. The Bertz CT molecular complexity index is 56.9. The second-order valence-electron chi connectivity index (χ2n) is 0.914. The summed E-state index contributed by atoms with van der Waals surface area (Å²) >= 11 is 4.94.